The van der Waals surface area contributed by atoms with Crippen LogP contribution in [-0.2, 0) is 11.2 Å². The number of nitrogens with one attached hydrogen (secondary N) is 1. The van der Waals surface area contributed by atoms with E-state index in [0.717, 1.165) is 32.7 Å². The van der Waals surface area contributed by atoms with Crippen molar-refractivity contribution in [3.05, 3.63) is 21.4 Å². The summed E-state index contributed by atoms with van der Waals surface area (Å²) in [6, 6.07) is 2.27. The first kappa shape index (κ1) is 12.7. The highest BCUT2D eigenvalue weighted by Gasteiger charge is 2.01. The summed E-state index contributed by atoms with van der Waals surface area (Å²) in [6.45, 7) is 10.1. The Morgan fingerprint density at radius 2 is 2.13 bits per heavy atom. The van der Waals surface area contributed by atoms with Gasteiger partial charge in [-0.2, -0.15) is 0 Å². The fourth-order valence-corrected chi connectivity index (χ4v) is 2.51. The van der Waals surface area contributed by atoms with Crippen molar-refractivity contribution in [1.82, 2.24) is 5.32 Å². The van der Waals surface area contributed by atoms with Gasteiger partial charge >= 0.3 is 0 Å². The van der Waals surface area contributed by atoms with Crippen molar-refractivity contribution in [2.45, 2.75) is 27.2 Å². The second-order valence-corrected chi connectivity index (χ2v) is 5.11. The molecule has 2 nitrogen and oxygen atoms in total. The third-order valence-corrected chi connectivity index (χ3v) is 3.34. The molecule has 0 fully saturated rings. The first-order valence-electron chi connectivity index (χ1n) is 5.58. The highest BCUT2D eigenvalue weighted by Crippen LogP contribution is 2.20. The van der Waals surface area contributed by atoms with Gasteiger partial charge in [0.15, 0.2) is 0 Å². The molecule has 0 atom stereocenters. The zero-order valence-electron chi connectivity index (χ0n) is 9.93. The van der Waals surface area contributed by atoms with E-state index in [2.05, 4.69) is 32.2 Å². The molecule has 0 spiro atoms. The second kappa shape index (κ2) is 6.99. The molecule has 0 radical (unpaired) electrons. The van der Waals surface area contributed by atoms with Crippen LogP contribution < -0.4 is 5.32 Å². The monoisotopic (exact) mass is 227 g/mol. The molecule has 3 heteroatoms. The lowest BCUT2D eigenvalue weighted by atomic mass is 10.2. The van der Waals surface area contributed by atoms with Crippen molar-refractivity contribution >= 4 is 11.3 Å². The lowest BCUT2D eigenvalue weighted by molar-refractivity contribution is 0.139. The fraction of sp³-hybridized carbons (Fsp3) is 0.667. The van der Waals surface area contributed by atoms with Crippen LogP contribution >= 0.6 is 11.3 Å². The Balaban J connectivity index is 2.12. The van der Waals surface area contributed by atoms with E-state index in [9.17, 15) is 0 Å². The van der Waals surface area contributed by atoms with Crippen molar-refractivity contribution in [3.63, 3.8) is 0 Å². The topological polar surface area (TPSA) is 21.3 Å². The minimum absolute atomic E-state index is 0.815. The van der Waals surface area contributed by atoms with Crippen LogP contribution in [0.2, 0.25) is 0 Å². The van der Waals surface area contributed by atoms with Crippen LogP contribution in [0.15, 0.2) is 6.07 Å². The van der Waals surface area contributed by atoms with Gasteiger partial charge in [-0.05, 0) is 38.4 Å². The van der Waals surface area contributed by atoms with Crippen LogP contribution in [0.5, 0.6) is 0 Å². The molecule has 15 heavy (non-hydrogen) atoms. The molecule has 0 amide bonds. The van der Waals surface area contributed by atoms with Gasteiger partial charge in [0.1, 0.15) is 0 Å². The smallest absolute Gasteiger partial charge is 0.0591 e. The lowest BCUT2D eigenvalue weighted by Crippen LogP contribution is -2.19. The molecule has 1 N–H and O–H groups in total. The maximum Gasteiger partial charge on any atom is 0.0591 e. The van der Waals surface area contributed by atoms with E-state index >= 15 is 0 Å². The average molecular weight is 227 g/mol. The molecule has 0 unspecified atom stereocenters. The number of hydrogen-bond acceptors (Lipinski definition) is 3. The zero-order valence-corrected chi connectivity index (χ0v) is 10.7. The lowest BCUT2D eigenvalue weighted by Gasteiger charge is -2.04. The summed E-state index contributed by atoms with van der Waals surface area (Å²) >= 11 is 1.87. The molecule has 1 rings (SSSR count). The number of rotatable bonds is 7. The number of thiophene rings is 1. The summed E-state index contributed by atoms with van der Waals surface area (Å²) in [5, 5.41) is 3.24. The van der Waals surface area contributed by atoms with Crippen LogP contribution in [0, 0.1) is 13.8 Å². The number of likely N-dealkylation sites (N-methyl/N-ethyl adjacent to an activating group) is 1. The van der Waals surface area contributed by atoms with Gasteiger partial charge in [-0.25, -0.2) is 0 Å². The molecule has 0 aliphatic carbocycles. The van der Waals surface area contributed by atoms with Gasteiger partial charge in [0.05, 0.1) is 13.2 Å². The molecule has 0 aliphatic rings. The summed E-state index contributed by atoms with van der Waals surface area (Å²) in [5.74, 6) is 0. The Morgan fingerprint density at radius 3 is 2.73 bits per heavy atom. The summed E-state index contributed by atoms with van der Waals surface area (Å²) in [6.07, 6.45) is 1.04. The highest BCUT2D eigenvalue weighted by molar-refractivity contribution is 7.12. The van der Waals surface area contributed by atoms with Gasteiger partial charge < -0.3 is 10.1 Å². The Kier molecular flexibility index (Phi) is 5.91. The molecule has 0 bridgehead atoms. The number of aryl methyl sites for hydroxylation is 2. The van der Waals surface area contributed by atoms with Gasteiger partial charge in [0.2, 0.25) is 0 Å². The average Bonchev–Trinajstić information content (AvgIpc) is 2.51. The molecule has 86 valence electrons. The largest absolute Gasteiger partial charge is 0.380 e. The molecular weight excluding hydrogens is 206 g/mol. The molecule has 0 saturated heterocycles. The van der Waals surface area contributed by atoms with Crippen molar-refractivity contribution < 1.29 is 4.74 Å². The number of hydrogen-bond donors (Lipinski definition) is 1. The van der Waals surface area contributed by atoms with Crippen LogP contribution in [-0.4, -0.2) is 26.3 Å². The molecule has 1 aromatic heterocycles. The van der Waals surface area contributed by atoms with Gasteiger partial charge in [-0.15, -0.1) is 11.3 Å². The van der Waals surface area contributed by atoms with Gasteiger partial charge in [-0.1, -0.05) is 6.92 Å². The first-order chi connectivity index (χ1) is 7.24. The minimum Gasteiger partial charge on any atom is -0.380 e. The van der Waals surface area contributed by atoms with Gasteiger partial charge in [0.25, 0.3) is 0 Å². The van der Waals surface area contributed by atoms with Gasteiger partial charge in [-0.3, -0.25) is 0 Å². The highest BCUT2D eigenvalue weighted by atomic mass is 32.1. The Morgan fingerprint density at radius 1 is 1.33 bits per heavy atom. The maximum atomic E-state index is 5.55. The Bertz CT molecular complexity index is 283. The van der Waals surface area contributed by atoms with Crippen molar-refractivity contribution in [1.29, 1.82) is 0 Å². The predicted octanol–water partition coefficient (Wildman–Crippen LogP) is 2.53. The minimum atomic E-state index is 0.815. The standard InChI is InChI=1S/C12H21NOS/c1-4-13-6-8-14-7-5-12-9-10(2)15-11(12)3/h9,13H,4-8H2,1-3H3. The van der Waals surface area contributed by atoms with E-state index in [1.54, 1.807) is 0 Å². The van der Waals surface area contributed by atoms with E-state index in [-0.39, 0.29) is 0 Å². The summed E-state index contributed by atoms with van der Waals surface area (Å²) in [4.78, 5) is 2.83. The van der Waals surface area contributed by atoms with Crippen LogP contribution in [0.3, 0.4) is 0 Å². The van der Waals surface area contributed by atoms with E-state index in [1.807, 2.05) is 11.3 Å². The summed E-state index contributed by atoms with van der Waals surface area (Å²) in [5.41, 5.74) is 1.45. The van der Waals surface area contributed by atoms with E-state index < -0.39 is 0 Å². The molecule has 0 aromatic carbocycles. The second-order valence-electron chi connectivity index (χ2n) is 3.65. The molecule has 0 saturated carbocycles. The quantitative estimate of drug-likeness (QED) is 0.723. The van der Waals surface area contributed by atoms with E-state index in [4.69, 9.17) is 4.74 Å². The molecule has 1 aromatic rings. The normalized spacial score (nSPS) is 10.9. The van der Waals surface area contributed by atoms with Crippen LogP contribution in [0.1, 0.15) is 22.2 Å². The SMILES string of the molecule is CCNCCOCCc1cc(C)sc1C. The van der Waals surface area contributed by atoms with E-state index in [1.165, 1.54) is 15.3 Å². The Labute approximate surface area is 96.7 Å². The Hall–Kier alpha value is -0.380. The third kappa shape index (κ3) is 4.78. The fourth-order valence-electron chi connectivity index (χ4n) is 1.54. The van der Waals surface area contributed by atoms with E-state index in [0.29, 0.717) is 0 Å². The zero-order chi connectivity index (χ0) is 11.1. The van der Waals surface area contributed by atoms with Crippen LogP contribution in [0.4, 0.5) is 0 Å². The van der Waals surface area contributed by atoms with Crippen molar-refractivity contribution in [2.24, 2.45) is 0 Å². The first-order valence-corrected chi connectivity index (χ1v) is 6.40. The maximum absolute atomic E-state index is 5.55. The summed E-state index contributed by atoms with van der Waals surface area (Å²) < 4.78 is 5.55. The third-order valence-electron chi connectivity index (χ3n) is 2.33. The number of ether oxygens (including phenoxy) is 1. The van der Waals surface area contributed by atoms with Crippen molar-refractivity contribution in [2.75, 3.05) is 26.3 Å². The molecule has 0 aliphatic heterocycles. The van der Waals surface area contributed by atoms with Gasteiger partial charge in [0, 0.05) is 16.3 Å². The van der Waals surface area contributed by atoms with Crippen LogP contribution in [0.25, 0.3) is 0 Å². The summed E-state index contributed by atoms with van der Waals surface area (Å²) in [7, 11) is 0. The predicted molar refractivity (Wildman–Crippen MR) is 66.9 cm³/mol. The molecule has 1 heterocycles. The molecular formula is C12H21NOS. The van der Waals surface area contributed by atoms with Crippen molar-refractivity contribution in [3.8, 4) is 0 Å².